The second kappa shape index (κ2) is 3.92. The summed E-state index contributed by atoms with van der Waals surface area (Å²) in [6.45, 7) is 0. The van der Waals surface area contributed by atoms with Crippen molar-refractivity contribution in [2.24, 2.45) is 0 Å². The predicted molar refractivity (Wildman–Crippen MR) is 63.2 cm³/mol. The highest BCUT2D eigenvalue weighted by atomic mass is 16.4. The second-order valence-corrected chi connectivity index (χ2v) is 3.67. The molecule has 3 heterocycles. The standard InChI is InChI=1S/C12H8N4O2/c17-12(18)9-5-8(14-7-15-9)10-6-13-11-3-1-2-4-16(10)11/h1-7H,(H,17,18). The summed E-state index contributed by atoms with van der Waals surface area (Å²) in [4.78, 5) is 22.9. The van der Waals surface area contributed by atoms with Crippen molar-refractivity contribution in [1.82, 2.24) is 19.4 Å². The van der Waals surface area contributed by atoms with Crippen molar-refractivity contribution in [3.8, 4) is 11.4 Å². The minimum atomic E-state index is -1.08. The van der Waals surface area contributed by atoms with Gasteiger partial charge in [0.1, 0.15) is 12.0 Å². The Kier molecular flexibility index (Phi) is 2.26. The fourth-order valence-electron chi connectivity index (χ4n) is 1.74. The van der Waals surface area contributed by atoms with Crippen molar-refractivity contribution in [1.29, 1.82) is 0 Å². The monoisotopic (exact) mass is 240 g/mol. The van der Waals surface area contributed by atoms with Crippen molar-refractivity contribution >= 4 is 11.6 Å². The molecule has 0 aliphatic rings. The molecule has 1 N–H and O–H groups in total. The van der Waals surface area contributed by atoms with Crippen molar-refractivity contribution < 1.29 is 9.90 Å². The molecule has 0 radical (unpaired) electrons. The van der Waals surface area contributed by atoms with Gasteiger partial charge in [0.15, 0.2) is 5.69 Å². The van der Waals surface area contributed by atoms with Gasteiger partial charge in [0.25, 0.3) is 0 Å². The molecule has 3 aromatic rings. The van der Waals surface area contributed by atoms with E-state index in [4.69, 9.17) is 5.11 Å². The Morgan fingerprint density at radius 1 is 1.22 bits per heavy atom. The zero-order valence-corrected chi connectivity index (χ0v) is 9.19. The number of pyridine rings is 1. The van der Waals surface area contributed by atoms with Gasteiger partial charge in [-0.15, -0.1) is 0 Å². The number of nitrogens with zero attached hydrogens (tertiary/aromatic N) is 4. The summed E-state index contributed by atoms with van der Waals surface area (Å²) in [6.07, 6.45) is 4.74. The maximum Gasteiger partial charge on any atom is 0.354 e. The Morgan fingerprint density at radius 3 is 2.94 bits per heavy atom. The summed E-state index contributed by atoms with van der Waals surface area (Å²) in [5.41, 5.74) is 2.01. The van der Waals surface area contributed by atoms with Gasteiger partial charge in [-0.25, -0.2) is 19.7 Å². The first-order valence-corrected chi connectivity index (χ1v) is 5.23. The number of hydrogen-bond donors (Lipinski definition) is 1. The van der Waals surface area contributed by atoms with Crippen LogP contribution in [0.5, 0.6) is 0 Å². The molecule has 88 valence electrons. The number of carbonyl (C=O) groups is 1. The molecule has 0 amide bonds. The molecular weight excluding hydrogens is 232 g/mol. The molecule has 0 aromatic carbocycles. The molecule has 0 spiro atoms. The molecule has 0 fully saturated rings. The molecule has 3 rings (SSSR count). The zero-order chi connectivity index (χ0) is 12.5. The second-order valence-electron chi connectivity index (χ2n) is 3.67. The van der Waals surface area contributed by atoms with E-state index < -0.39 is 5.97 Å². The van der Waals surface area contributed by atoms with E-state index in [2.05, 4.69) is 15.0 Å². The largest absolute Gasteiger partial charge is 0.477 e. The lowest BCUT2D eigenvalue weighted by Gasteiger charge is -2.01. The third-order valence-corrected chi connectivity index (χ3v) is 2.57. The Balaban J connectivity index is 2.20. The molecule has 0 unspecified atom stereocenters. The van der Waals surface area contributed by atoms with Crippen LogP contribution in [0.15, 0.2) is 43.0 Å². The van der Waals surface area contributed by atoms with E-state index in [1.54, 1.807) is 6.20 Å². The van der Waals surface area contributed by atoms with Gasteiger partial charge in [0.2, 0.25) is 0 Å². The third kappa shape index (κ3) is 1.60. The van der Waals surface area contributed by atoms with Gasteiger partial charge in [-0.3, -0.25) is 4.40 Å². The average Bonchev–Trinajstić information content (AvgIpc) is 2.82. The molecule has 0 bridgehead atoms. The lowest BCUT2D eigenvalue weighted by molar-refractivity contribution is 0.0690. The Labute approximate surface area is 102 Å². The number of rotatable bonds is 2. The van der Waals surface area contributed by atoms with Crippen LogP contribution in [0.2, 0.25) is 0 Å². The van der Waals surface area contributed by atoms with Gasteiger partial charge in [0, 0.05) is 6.20 Å². The zero-order valence-electron chi connectivity index (χ0n) is 9.19. The first kappa shape index (κ1) is 10.4. The van der Waals surface area contributed by atoms with Crippen molar-refractivity contribution in [2.45, 2.75) is 0 Å². The fraction of sp³-hybridized carbons (Fsp3) is 0. The highest BCUT2D eigenvalue weighted by Crippen LogP contribution is 2.18. The minimum Gasteiger partial charge on any atom is -0.477 e. The van der Waals surface area contributed by atoms with Crippen LogP contribution in [-0.4, -0.2) is 30.4 Å². The summed E-state index contributed by atoms with van der Waals surface area (Å²) >= 11 is 0. The molecule has 0 aliphatic heterocycles. The maximum atomic E-state index is 10.9. The number of fused-ring (bicyclic) bond motifs is 1. The van der Waals surface area contributed by atoms with Crippen LogP contribution in [-0.2, 0) is 0 Å². The molecule has 0 saturated heterocycles. The van der Waals surface area contributed by atoms with Gasteiger partial charge in [-0.05, 0) is 18.2 Å². The van der Waals surface area contributed by atoms with Gasteiger partial charge >= 0.3 is 5.97 Å². The Hall–Kier alpha value is -2.76. The lowest BCUT2D eigenvalue weighted by Crippen LogP contribution is -2.01. The number of imidazole rings is 1. The molecule has 0 saturated carbocycles. The summed E-state index contributed by atoms with van der Waals surface area (Å²) in [6, 6.07) is 7.05. The van der Waals surface area contributed by atoms with Gasteiger partial charge < -0.3 is 5.11 Å². The van der Waals surface area contributed by atoms with Crippen molar-refractivity contribution in [2.75, 3.05) is 0 Å². The van der Waals surface area contributed by atoms with E-state index in [-0.39, 0.29) is 5.69 Å². The predicted octanol–water partition coefficient (Wildman–Crippen LogP) is 1.49. The SMILES string of the molecule is O=C(O)c1cc(-c2cnc3ccccn23)ncn1. The molecule has 0 atom stereocenters. The summed E-state index contributed by atoms with van der Waals surface area (Å²) in [5.74, 6) is -1.08. The molecule has 3 aromatic heterocycles. The van der Waals surface area contributed by atoms with Crippen LogP contribution in [0.3, 0.4) is 0 Å². The fourth-order valence-corrected chi connectivity index (χ4v) is 1.74. The number of carboxylic acid groups (broad SMARTS) is 1. The van der Waals surface area contributed by atoms with Crippen LogP contribution < -0.4 is 0 Å². The smallest absolute Gasteiger partial charge is 0.354 e. The summed E-state index contributed by atoms with van der Waals surface area (Å²) in [5, 5.41) is 8.91. The van der Waals surface area contributed by atoms with Crippen LogP contribution >= 0.6 is 0 Å². The van der Waals surface area contributed by atoms with Crippen LogP contribution in [0, 0.1) is 0 Å². The van der Waals surface area contributed by atoms with Crippen LogP contribution in [0.25, 0.3) is 17.0 Å². The van der Waals surface area contributed by atoms with Crippen molar-refractivity contribution in [3.63, 3.8) is 0 Å². The molecule has 6 heteroatoms. The normalized spacial score (nSPS) is 10.7. The molecule has 0 aliphatic carbocycles. The first-order chi connectivity index (χ1) is 8.75. The third-order valence-electron chi connectivity index (χ3n) is 2.57. The maximum absolute atomic E-state index is 10.9. The lowest BCUT2D eigenvalue weighted by atomic mass is 10.2. The van der Waals surface area contributed by atoms with Gasteiger partial charge in [0.05, 0.1) is 17.6 Å². The van der Waals surface area contributed by atoms with Gasteiger partial charge in [-0.1, -0.05) is 6.07 Å². The first-order valence-electron chi connectivity index (χ1n) is 5.23. The van der Waals surface area contributed by atoms with Crippen molar-refractivity contribution in [3.05, 3.63) is 48.7 Å². The number of aromatic carboxylic acids is 1. The highest BCUT2D eigenvalue weighted by Gasteiger charge is 2.10. The van der Waals surface area contributed by atoms with E-state index in [0.717, 1.165) is 11.3 Å². The highest BCUT2D eigenvalue weighted by molar-refractivity contribution is 5.86. The average molecular weight is 240 g/mol. The van der Waals surface area contributed by atoms with E-state index in [1.165, 1.54) is 12.4 Å². The molecule has 18 heavy (non-hydrogen) atoms. The van der Waals surface area contributed by atoms with Gasteiger partial charge in [-0.2, -0.15) is 0 Å². The topological polar surface area (TPSA) is 80.4 Å². The quantitative estimate of drug-likeness (QED) is 0.734. The molecular formula is C12H8N4O2. The minimum absolute atomic E-state index is 0.0362. The van der Waals surface area contributed by atoms with E-state index in [9.17, 15) is 4.79 Å². The Morgan fingerprint density at radius 2 is 2.11 bits per heavy atom. The van der Waals surface area contributed by atoms with E-state index in [1.807, 2.05) is 28.8 Å². The summed E-state index contributed by atoms with van der Waals surface area (Å²) in [7, 11) is 0. The number of hydrogen-bond acceptors (Lipinski definition) is 4. The van der Waals surface area contributed by atoms with Crippen LogP contribution in [0.1, 0.15) is 10.5 Å². The van der Waals surface area contributed by atoms with Crippen LogP contribution in [0.4, 0.5) is 0 Å². The van der Waals surface area contributed by atoms with E-state index in [0.29, 0.717) is 5.69 Å². The number of aromatic nitrogens is 4. The van der Waals surface area contributed by atoms with E-state index >= 15 is 0 Å². The summed E-state index contributed by atoms with van der Waals surface area (Å²) < 4.78 is 1.84. The Bertz CT molecular complexity index is 736. The molecule has 6 nitrogen and oxygen atoms in total. The number of carboxylic acids is 1.